The van der Waals surface area contributed by atoms with Crippen LogP contribution in [0.5, 0.6) is 0 Å². The molecule has 50 heteroatoms. The fourth-order valence-electron chi connectivity index (χ4n) is 12.5. The summed E-state index contributed by atoms with van der Waals surface area (Å²) in [6, 6.07) is 0. The molecular formula is C49H99B4N13O29S4. The number of nitrogens with zero attached hydrogens (tertiary/aromatic N) is 5. The maximum atomic E-state index is 12.7. The van der Waals surface area contributed by atoms with Gasteiger partial charge in [0, 0.05) is 102 Å². The summed E-state index contributed by atoms with van der Waals surface area (Å²) in [4.78, 5) is 46.4. The number of hydrogen-bond donors (Lipinski definition) is 20. The van der Waals surface area contributed by atoms with Gasteiger partial charge in [-0.25, -0.2) is 4.18 Å². The highest BCUT2D eigenvalue weighted by atomic mass is 32.2. The van der Waals surface area contributed by atoms with E-state index in [0.29, 0.717) is 45.2 Å². The van der Waals surface area contributed by atoms with Gasteiger partial charge in [0.15, 0.2) is 0 Å². The number of rotatable bonds is 34. The molecule has 0 saturated carbocycles. The molecule has 0 bridgehead atoms. The Morgan fingerprint density at radius 3 is 1.09 bits per heavy atom. The molecule has 0 unspecified atom stereocenters. The number of carboxylic acid groups (broad SMARTS) is 4. The lowest BCUT2D eigenvalue weighted by Gasteiger charge is -2.41. The van der Waals surface area contributed by atoms with Crippen LogP contribution in [0.1, 0.15) is 70.6 Å². The van der Waals surface area contributed by atoms with E-state index in [1.54, 1.807) is 0 Å². The third-order valence-corrected chi connectivity index (χ3v) is 25.5. The molecule has 0 aromatic carbocycles. The first kappa shape index (κ1) is 86.5. The Kier molecular flexibility index (Phi) is 30.9. The summed E-state index contributed by atoms with van der Waals surface area (Å²) < 4.78 is 133. The molecule has 8 aliphatic heterocycles. The summed E-state index contributed by atoms with van der Waals surface area (Å²) in [6.45, 7) is -0.357. The van der Waals surface area contributed by atoms with E-state index in [1.807, 2.05) is 0 Å². The number of hydrogen-bond acceptors (Lipinski definition) is 32. The Bertz CT molecular complexity index is 3060. The van der Waals surface area contributed by atoms with Gasteiger partial charge in [-0.1, -0.05) is 32.1 Å². The lowest BCUT2D eigenvalue weighted by atomic mass is 9.78. The first-order valence-electron chi connectivity index (χ1n) is 32.1. The predicted molar refractivity (Wildman–Crippen MR) is 350 cm³/mol. The molecule has 0 aromatic rings. The maximum Gasteiger partial charge on any atom is 0.451 e. The van der Waals surface area contributed by atoms with Gasteiger partial charge in [0.25, 0.3) is 20.4 Å². The van der Waals surface area contributed by atoms with E-state index in [-0.39, 0.29) is 143 Å². The fraction of sp³-hybridized carbons (Fsp3) is 0.918. The normalized spacial score (nSPS) is 29.4. The van der Waals surface area contributed by atoms with E-state index >= 15 is 0 Å². The van der Waals surface area contributed by atoms with Gasteiger partial charge in [-0.05, 0) is 63.8 Å². The van der Waals surface area contributed by atoms with E-state index in [2.05, 4.69) is 4.72 Å². The van der Waals surface area contributed by atoms with Crippen molar-refractivity contribution >= 4 is 93.4 Å². The molecule has 99 heavy (non-hydrogen) atoms. The van der Waals surface area contributed by atoms with Gasteiger partial charge in [0.1, 0.15) is 27.8 Å². The third-order valence-electron chi connectivity index (χ3n) is 19.1. The molecule has 8 atom stereocenters. The average Bonchev–Trinajstić information content (AvgIpc) is 1.64. The molecule has 8 heterocycles. The quantitative estimate of drug-likeness (QED) is 0.0266. The second-order valence-electron chi connectivity index (χ2n) is 27.0. The van der Waals surface area contributed by atoms with Gasteiger partial charge in [-0.3, -0.25) is 23.4 Å². The number of aliphatic carboxylic acids is 4. The summed E-state index contributed by atoms with van der Waals surface area (Å²) in [6.07, 6.45) is 5.19. The highest BCUT2D eigenvalue weighted by Gasteiger charge is 2.58. The van der Waals surface area contributed by atoms with Crippen LogP contribution in [0, 0.1) is 23.7 Å². The minimum atomic E-state index is -4.24. The van der Waals surface area contributed by atoms with Crippen LogP contribution < -0.4 is 44.9 Å². The number of nitrogens with two attached hydrogens (primary N) is 7. The first-order valence-corrected chi connectivity index (χ1v) is 37.7. The summed E-state index contributed by atoms with van der Waals surface area (Å²) in [5, 5.41) is 109. The molecule has 42 nitrogen and oxygen atoms in total. The predicted octanol–water partition coefficient (Wildman–Crippen LogP) is -10.9. The van der Waals surface area contributed by atoms with Crippen molar-refractivity contribution in [2.24, 2.45) is 63.8 Å². The van der Waals surface area contributed by atoms with Crippen LogP contribution in [0.2, 0.25) is 25.3 Å². The van der Waals surface area contributed by atoms with Crippen LogP contribution in [-0.2, 0) is 82.8 Å². The topological polar surface area (TPSA) is 704 Å². The lowest BCUT2D eigenvalue weighted by Crippen LogP contribution is -2.68. The summed E-state index contributed by atoms with van der Waals surface area (Å²) in [5.41, 5.74) is 31.1. The van der Waals surface area contributed by atoms with Crippen LogP contribution >= 0.6 is 0 Å². The van der Waals surface area contributed by atoms with E-state index < -0.39 is 169 Å². The molecule has 8 aliphatic rings. The van der Waals surface area contributed by atoms with Crippen molar-refractivity contribution in [2.75, 3.05) is 125 Å². The molecule has 0 aliphatic carbocycles. The van der Waals surface area contributed by atoms with Gasteiger partial charge in [0.05, 0.1) is 57.3 Å². The van der Waals surface area contributed by atoms with Crippen molar-refractivity contribution in [3.8, 4) is 0 Å². The van der Waals surface area contributed by atoms with Gasteiger partial charge in [-0.15, -0.1) is 0 Å². The second kappa shape index (κ2) is 35.3. The van der Waals surface area contributed by atoms with E-state index in [0.717, 1.165) is 32.2 Å². The zero-order valence-corrected chi connectivity index (χ0v) is 58.1. The second-order valence-corrected chi connectivity index (χ2v) is 33.8. The zero-order valence-electron chi connectivity index (χ0n) is 54.9. The Balaban J connectivity index is 0.000000238. The molecule has 27 N–H and O–H groups in total. The highest BCUT2D eigenvalue weighted by Crippen LogP contribution is 2.38. The van der Waals surface area contributed by atoms with Crippen LogP contribution in [0.25, 0.3) is 0 Å². The average molecular weight is 1510 g/mol. The monoisotopic (exact) mass is 1510 g/mol. The van der Waals surface area contributed by atoms with Gasteiger partial charge in [-0.2, -0.15) is 59.9 Å². The molecule has 8 saturated heterocycles. The van der Waals surface area contributed by atoms with Crippen molar-refractivity contribution in [1.29, 1.82) is 0 Å². The Morgan fingerprint density at radius 2 is 0.788 bits per heavy atom. The van der Waals surface area contributed by atoms with Crippen LogP contribution in [0.4, 0.5) is 0 Å². The molecule has 570 valence electrons. The summed E-state index contributed by atoms with van der Waals surface area (Å²) in [5.74, 6) is -7.73. The van der Waals surface area contributed by atoms with E-state index in [1.165, 1.54) is 8.61 Å². The maximum absolute atomic E-state index is 12.7. The lowest BCUT2D eigenvalue weighted by molar-refractivity contribution is -0.154. The molecule has 0 amide bonds. The van der Waals surface area contributed by atoms with Crippen molar-refractivity contribution in [3.63, 3.8) is 0 Å². The molecule has 0 aromatic heterocycles. The molecule has 8 fully saturated rings. The Morgan fingerprint density at radius 1 is 0.455 bits per heavy atom. The zero-order chi connectivity index (χ0) is 74.6. The minimum absolute atomic E-state index is 0.0427. The molecular weight excluding hydrogens is 1410 g/mol. The first-order chi connectivity index (χ1) is 45.8. The van der Waals surface area contributed by atoms with Gasteiger partial charge >= 0.3 is 73.0 Å². The standard InChI is InChI=1S/C13H26BN3O6S.C12H25BN4O7S.2C12H24BN3O8S/c15-13(12(18)19)10-17(9-11(13)5-4-6-14(20)21)24(22,23)16-7-2-1-3-8-16;14-5-11(7-24-8-11)16-25(22,23)17-4-9(2-1-3-13(20)21)12(15,6-17)10(18)19;14-11(6-23-7-11)8-24-25(21,22)16-4-9(2-1-3-13(19)20)12(15,5-16)10(17)18;14-5-11(7-23-8-11)24-25(21,22)16-4-9(2-1-3-13(19)20)12(15,6-16)10(17)18/h11,20-21H,1-10,15H2,(H,18,19);9,16,20-21H,1-8,14-15H2,(H,18,19);2*9,19-20H,1-8,14-15H2,(H,17,18)/t11-,13-;3*9-,12-/m0000/s1. The molecule has 0 spiro atoms. The van der Waals surface area contributed by atoms with E-state index in [9.17, 15) is 73.3 Å². The summed E-state index contributed by atoms with van der Waals surface area (Å²) in [7, 11) is -22.1. The van der Waals surface area contributed by atoms with Gasteiger partial charge in [0.2, 0.25) is 0 Å². The summed E-state index contributed by atoms with van der Waals surface area (Å²) >= 11 is 0. The number of carboxylic acids is 4. The number of ether oxygens (including phenoxy) is 3. The van der Waals surface area contributed by atoms with Crippen molar-refractivity contribution in [3.05, 3.63) is 0 Å². The third kappa shape index (κ3) is 22.2. The van der Waals surface area contributed by atoms with Crippen LogP contribution in [0.3, 0.4) is 0 Å². The number of carbonyl (C=O) groups is 4. The van der Waals surface area contributed by atoms with E-state index in [4.69, 9.17) is 103 Å². The highest BCUT2D eigenvalue weighted by molar-refractivity contribution is 7.87. The number of nitrogens with one attached hydrogen (secondary N) is 1. The molecule has 0 radical (unpaired) electrons. The van der Waals surface area contributed by atoms with Gasteiger partial charge < -0.3 is 115 Å². The van der Waals surface area contributed by atoms with Crippen molar-refractivity contribution in [1.82, 2.24) is 26.2 Å². The Hall–Kier alpha value is -3.10. The van der Waals surface area contributed by atoms with Crippen LogP contribution in [-0.4, -0.2) is 332 Å². The number of piperidine rings is 1. The van der Waals surface area contributed by atoms with Crippen molar-refractivity contribution < 1.29 is 136 Å². The fourth-order valence-corrected chi connectivity index (χ4v) is 18.7. The largest absolute Gasteiger partial charge is 0.480 e. The van der Waals surface area contributed by atoms with Crippen LogP contribution in [0.15, 0.2) is 0 Å². The SMILES string of the molecule is NC1(COS(=O)(=O)N2C[C@H](CCCB(O)O)[C@](N)(C(=O)O)C2)COC1.NCC1(NS(=O)(=O)N2C[C@H](CCCB(O)O)[C@](N)(C(=O)O)C2)COC1.NCC1(OS(=O)(=O)N2C[C@H](CCCB(O)O)[C@](N)(C(=O)O)C2)COC1.N[C@@]1(C(=O)O)CN(S(=O)(=O)N2CCCCC2)C[C@@H]1CCCB(O)O. The van der Waals surface area contributed by atoms with Crippen molar-refractivity contribution in [2.45, 2.75) is 135 Å². The molecule has 8 rings (SSSR count). The smallest absolute Gasteiger partial charge is 0.451 e. The Labute approximate surface area is 576 Å². The minimum Gasteiger partial charge on any atom is -0.480 e.